The normalized spacial score (nSPS) is 19.0. The van der Waals surface area contributed by atoms with Gasteiger partial charge in [-0.2, -0.15) is 5.10 Å². The summed E-state index contributed by atoms with van der Waals surface area (Å²) < 4.78 is 18.8. The van der Waals surface area contributed by atoms with Gasteiger partial charge in [0.25, 0.3) is 5.89 Å². The summed E-state index contributed by atoms with van der Waals surface area (Å²) >= 11 is 0. The van der Waals surface area contributed by atoms with E-state index in [1.165, 1.54) is 0 Å². The summed E-state index contributed by atoms with van der Waals surface area (Å²) in [6.07, 6.45) is 5.44. The van der Waals surface area contributed by atoms with Crippen LogP contribution in [-0.2, 0) is 17.8 Å². The summed E-state index contributed by atoms with van der Waals surface area (Å²) in [6.45, 7) is 5.62. The lowest BCUT2D eigenvalue weighted by Gasteiger charge is -2.31. The summed E-state index contributed by atoms with van der Waals surface area (Å²) in [5, 5.41) is 12.4. The maximum atomic E-state index is 5.81. The third-order valence-corrected chi connectivity index (χ3v) is 4.05. The van der Waals surface area contributed by atoms with Crippen LogP contribution in [-0.4, -0.2) is 50.7 Å². The number of morpholine rings is 1. The molecule has 0 radical (unpaired) electrons. The Labute approximate surface area is 139 Å². The molecule has 1 fully saturated rings. The van der Waals surface area contributed by atoms with Gasteiger partial charge in [0, 0.05) is 31.0 Å². The molecule has 8 heteroatoms. The molecule has 0 aliphatic carbocycles. The second-order valence-corrected chi connectivity index (χ2v) is 5.89. The van der Waals surface area contributed by atoms with E-state index in [1.807, 2.05) is 29.9 Å². The van der Waals surface area contributed by atoms with Gasteiger partial charge in [-0.25, -0.2) is 0 Å². The van der Waals surface area contributed by atoms with Crippen molar-refractivity contribution < 1.29 is 13.6 Å². The first-order chi connectivity index (χ1) is 11.8. The number of ether oxygens (including phenoxy) is 1. The van der Waals surface area contributed by atoms with E-state index < -0.39 is 0 Å². The molecule has 1 aliphatic heterocycles. The van der Waals surface area contributed by atoms with Gasteiger partial charge in [0.05, 0.1) is 32.1 Å². The fourth-order valence-corrected chi connectivity index (χ4v) is 2.84. The summed E-state index contributed by atoms with van der Waals surface area (Å²) in [7, 11) is 0. The Kier molecular flexibility index (Phi) is 4.14. The maximum absolute atomic E-state index is 5.81. The van der Waals surface area contributed by atoms with Crippen molar-refractivity contribution in [2.45, 2.75) is 26.1 Å². The summed E-state index contributed by atoms with van der Waals surface area (Å²) in [5.74, 6) is 1.64. The van der Waals surface area contributed by atoms with Gasteiger partial charge < -0.3 is 13.6 Å². The van der Waals surface area contributed by atoms with Gasteiger partial charge in [0.2, 0.25) is 5.89 Å². The molecule has 1 atom stereocenters. The first-order valence-corrected chi connectivity index (χ1v) is 7.96. The maximum Gasteiger partial charge on any atom is 0.283 e. The molecule has 4 rings (SSSR count). The number of rotatable bonds is 5. The molecule has 3 aromatic rings. The molecule has 0 saturated carbocycles. The molecule has 0 bridgehead atoms. The van der Waals surface area contributed by atoms with Crippen molar-refractivity contribution in [3.8, 4) is 11.7 Å². The molecule has 126 valence electrons. The van der Waals surface area contributed by atoms with Crippen LogP contribution in [0, 0.1) is 6.92 Å². The number of nitrogens with zero attached hydrogens (tertiary/aromatic N) is 5. The molecule has 1 aliphatic rings. The minimum Gasteiger partial charge on any atom is -0.459 e. The van der Waals surface area contributed by atoms with Gasteiger partial charge in [-0.05, 0) is 19.1 Å². The monoisotopic (exact) mass is 329 g/mol. The third-order valence-electron chi connectivity index (χ3n) is 4.05. The highest BCUT2D eigenvalue weighted by Crippen LogP contribution is 2.23. The highest BCUT2D eigenvalue weighted by Gasteiger charge is 2.23. The molecule has 8 nitrogen and oxygen atoms in total. The van der Waals surface area contributed by atoms with Crippen molar-refractivity contribution in [3.05, 3.63) is 42.2 Å². The second kappa shape index (κ2) is 6.58. The summed E-state index contributed by atoms with van der Waals surface area (Å²) in [5.41, 5.74) is 0.982. The van der Waals surface area contributed by atoms with Crippen LogP contribution in [0.15, 0.2) is 39.6 Å². The van der Waals surface area contributed by atoms with Crippen LogP contribution in [0.1, 0.15) is 11.5 Å². The van der Waals surface area contributed by atoms with E-state index in [2.05, 4.69) is 20.2 Å². The average molecular weight is 329 g/mol. The lowest BCUT2D eigenvalue weighted by Crippen LogP contribution is -2.43. The molecular weight excluding hydrogens is 310 g/mol. The van der Waals surface area contributed by atoms with Crippen LogP contribution in [0.4, 0.5) is 0 Å². The van der Waals surface area contributed by atoms with Gasteiger partial charge in [0.1, 0.15) is 0 Å². The first kappa shape index (κ1) is 15.1. The van der Waals surface area contributed by atoms with Crippen LogP contribution in [0.3, 0.4) is 0 Å². The molecule has 0 unspecified atom stereocenters. The Morgan fingerprint density at radius 3 is 3.08 bits per heavy atom. The zero-order valence-electron chi connectivity index (χ0n) is 13.5. The highest BCUT2D eigenvalue weighted by molar-refractivity contribution is 5.49. The number of aryl methyl sites for hydroxylation is 1. The Bertz CT molecular complexity index is 779. The van der Waals surface area contributed by atoms with Crippen molar-refractivity contribution >= 4 is 0 Å². The molecule has 0 N–H and O–H groups in total. The summed E-state index contributed by atoms with van der Waals surface area (Å²) in [4.78, 5) is 2.25. The molecule has 1 saturated heterocycles. The van der Waals surface area contributed by atoms with Crippen molar-refractivity contribution in [3.63, 3.8) is 0 Å². The fraction of sp³-hybridized carbons (Fsp3) is 0.438. The van der Waals surface area contributed by atoms with Gasteiger partial charge >= 0.3 is 0 Å². The Balaban J connectivity index is 1.38. The van der Waals surface area contributed by atoms with E-state index >= 15 is 0 Å². The smallest absolute Gasteiger partial charge is 0.283 e. The summed E-state index contributed by atoms with van der Waals surface area (Å²) in [6, 6.07) is 3.79. The zero-order valence-corrected chi connectivity index (χ0v) is 13.5. The predicted octanol–water partition coefficient (Wildman–Crippen LogP) is 1.74. The first-order valence-electron chi connectivity index (χ1n) is 7.96. The van der Waals surface area contributed by atoms with Crippen LogP contribution in [0.2, 0.25) is 0 Å². The van der Waals surface area contributed by atoms with E-state index in [9.17, 15) is 0 Å². The van der Waals surface area contributed by atoms with Crippen molar-refractivity contribution in [2.24, 2.45) is 0 Å². The van der Waals surface area contributed by atoms with E-state index in [0.29, 0.717) is 30.7 Å². The van der Waals surface area contributed by atoms with Crippen LogP contribution in [0.25, 0.3) is 11.7 Å². The van der Waals surface area contributed by atoms with Crippen molar-refractivity contribution in [1.29, 1.82) is 0 Å². The molecule has 0 amide bonds. The predicted molar refractivity (Wildman–Crippen MR) is 84.0 cm³/mol. The van der Waals surface area contributed by atoms with Crippen LogP contribution < -0.4 is 0 Å². The minimum absolute atomic E-state index is 0.105. The fourth-order valence-electron chi connectivity index (χ4n) is 2.84. The van der Waals surface area contributed by atoms with Crippen LogP contribution >= 0.6 is 0 Å². The van der Waals surface area contributed by atoms with E-state index in [0.717, 1.165) is 25.2 Å². The van der Waals surface area contributed by atoms with Gasteiger partial charge in [-0.3, -0.25) is 9.58 Å². The molecular formula is C16H19N5O3. The van der Waals surface area contributed by atoms with Crippen molar-refractivity contribution in [1.82, 2.24) is 24.9 Å². The molecule has 3 aromatic heterocycles. The number of hydrogen-bond acceptors (Lipinski definition) is 7. The SMILES string of the molecule is Cc1ccoc1-c1nnc(CN2CCO[C@H](Cn3cccn3)C2)o1. The van der Waals surface area contributed by atoms with Crippen LogP contribution in [0.5, 0.6) is 0 Å². The topological polar surface area (TPSA) is 82.4 Å². The largest absolute Gasteiger partial charge is 0.459 e. The third kappa shape index (κ3) is 3.24. The number of hydrogen-bond donors (Lipinski definition) is 0. The molecule has 0 aromatic carbocycles. The van der Waals surface area contributed by atoms with E-state index in [-0.39, 0.29) is 6.10 Å². The lowest BCUT2D eigenvalue weighted by molar-refractivity contribution is -0.0422. The number of aromatic nitrogens is 4. The average Bonchev–Trinajstić information content (AvgIpc) is 3.30. The lowest BCUT2D eigenvalue weighted by atomic mass is 10.2. The Morgan fingerprint density at radius 1 is 1.33 bits per heavy atom. The van der Waals surface area contributed by atoms with E-state index in [1.54, 1.807) is 12.5 Å². The molecule has 4 heterocycles. The van der Waals surface area contributed by atoms with E-state index in [4.69, 9.17) is 13.6 Å². The quantitative estimate of drug-likeness (QED) is 0.705. The Hall–Kier alpha value is -2.45. The molecule has 24 heavy (non-hydrogen) atoms. The molecule has 0 spiro atoms. The van der Waals surface area contributed by atoms with Gasteiger partial charge in [0.15, 0.2) is 5.76 Å². The van der Waals surface area contributed by atoms with Gasteiger partial charge in [-0.1, -0.05) is 0 Å². The van der Waals surface area contributed by atoms with Gasteiger partial charge in [-0.15, -0.1) is 10.2 Å². The Morgan fingerprint density at radius 2 is 2.29 bits per heavy atom. The highest BCUT2D eigenvalue weighted by atomic mass is 16.5. The standard InChI is InChI=1S/C16H19N5O3/c1-12-3-7-23-15(12)16-19-18-14(24-16)11-20-6-8-22-13(9-20)10-21-5-2-4-17-21/h2-5,7,13H,6,8-11H2,1H3/t13-/m0/s1. The van der Waals surface area contributed by atoms with Crippen molar-refractivity contribution in [2.75, 3.05) is 19.7 Å². The zero-order chi connectivity index (χ0) is 16.4. The minimum atomic E-state index is 0.105. The number of furan rings is 1. The second-order valence-electron chi connectivity index (χ2n) is 5.89.